The molecular weight excluding hydrogens is 308 g/mol. The molecule has 1 aliphatic carbocycles. The third-order valence-corrected chi connectivity index (χ3v) is 4.95. The van der Waals surface area contributed by atoms with Crippen LogP contribution in [0.3, 0.4) is 0 Å². The highest BCUT2D eigenvalue weighted by Gasteiger charge is 2.36. The third kappa shape index (κ3) is 2.41. The average Bonchev–Trinajstić information content (AvgIpc) is 2.90. The number of aliphatic hydroxyl groups is 1. The van der Waals surface area contributed by atoms with Gasteiger partial charge in [-0.2, -0.15) is 0 Å². The SMILES string of the molecule is O=c1[nH]c2c([nH]c1=O)C(N1CCN(CCO)CC1)c1ccccc1-2. The zero-order valence-corrected chi connectivity index (χ0v) is 13.3. The molecule has 1 unspecified atom stereocenters. The van der Waals surface area contributed by atoms with E-state index < -0.39 is 11.1 Å². The average molecular weight is 328 g/mol. The van der Waals surface area contributed by atoms with Crippen LogP contribution in [0.15, 0.2) is 33.9 Å². The van der Waals surface area contributed by atoms with Crippen molar-refractivity contribution in [1.82, 2.24) is 19.8 Å². The molecule has 1 atom stereocenters. The van der Waals surface area contributed by atoms with Gasteiger partial charge in [-0.25, -0.2) is 0 Å². The van der Waals surface area contributed by atoms with Gasteiger partial charge in [0.05, 0.1) is 24.0 Å². The van der Waals surface area contributed by atoms with Crippen molar-refractivity contribution in [3.8, 4) is 11.3 Å². The number of fused-ring (bicyclic) bond motifs is 3. The molecule has 24 heavy (non-hydrogen) atoms. The van der Waals surface area contributed by atoms with Crippen molar-refractivity contribution in [2.24, 2.45) is 0 Å². The van der Waals surface area contributed by atoms with Crippen LogP contribution in [0.2, 0.25) is 0 Å². The molecule has 0 spiro atoms. The van der Waals surface area contributed by atoms with Crippen molar-refractivity contribution in [2.75, 3.05) is 39.3 Å². The van der Waals surface area contributed by atoms with E-state index in [1.807, 2.05) is 18.2 Å². The Morgan fingerprint density at radius 2 is 1.75 bits per heavy atom. The van der Waals surface area contributed by atoms with Gasteiger partial charge in [0.15, 0.2) is 0 Å². The number of nitrogens with one attached hydrogen (secondary N) is 2. The molecule has 2 heterocycles. The fourth-order valence-corrected chi connectivity index (χ4v) is 3.78. The first-order valence-electron chi connectivity index (χ1n) is 8.22. The van der Waals surface area contributed by atoms with Gasteiger partial charge in [-0.1, -0.05) is 24.3 Å². The molecule has 7 heteroatoms. The minimum absolute atomic E-state index is 0.0444. The van der Waals surface area contributed by atoms with Crippen LogP contribution in [0.25, 0.3) is 11.3 Å². The van der Waals surface area contributed by atoms with E-state index in [9.17, 15) is 9.59 Å². The summed E-state index contributed by atoms with van der Waals surface area (Å²) < 4.78 is 0. The van der Waals surface area contributed by atoms with Crippen molar-refractivity contribution < 1.29 is 5.11 Å². The topological polar surface area (TPSA) is 92.4 Å². The molecule has 126 valence electrons. The summed E-state index contributed by atoms with van der Waals surface area (Å²) in [7, 11) is 0. The maximum Gasteiger partial charge on any atom is 0.314 e. The zero-order valence-electron chi connectivity index (χ0n) is 13.3. The summed E-state index contributed by atoms with van der Waals surface area (Å²) in [6, 6.07) is 7.90. The van der Waals surface area contributed by atoms with Gasteiger partial charge >= 0.3 is 11.1 Å². The van der Waals surface area contributed by atoms with Crippen molar-refractivity contribution in [3.05, 3.63) is 56.2 Å². The van der Waals surface area contributed by atoms with E-state index in [0.717, 1.165) is 48.7 Å². The summed E-state index contributed by atoms with van der Waals surface area (Å²) in [4.78, 5) is 33.7. The maximum atomic E-state index is 11.8. The van der Waals surface area contributed by atoms with Gasteiger partial charge in [-0.15, -0.1) is 0 Å². The van der Waals surface area contributed by atoms with Crippen LogP contribution < -0.4 is 11.1 Å². The number of aromatic nitrogens is 2. The fourth-order valence-electron chi connectivity index (χ4n) is 3.78. The Balaban J connectivity index is 1.73. The first-order chi connectivity index (χ1) is 11.7. The van der Waals surface area contributed by atoms with Crippen LogP contribution in [0.1, 0.15) is 17.3 Å². The summed E-state index contributed by atoms with van der Waals surface area (Å²) in [5.74, 6) is 0. The molecule has 2 aromatic rings. The van der Waals surface area contributed by atoms with Crippen LogP contribution in [0, 0.1) is 0 Å². The minimum Gasteiger partial charge on any atom is -0.395 e. The highest BCUT2D eigenvalue weighted by Crippen LogP contribution is 2.43. The van der Waals surface area contributed by atoms with E-state index in [4.69, 9.17) is 5.11 Å². The Kier molecular flexibility index (Phi) is 3.84. The van der Waals surface area contributed by atoms with Crippen LogP contribution >= 0.6 is 0 Å². The Morgan fingerprint density at radius 1 is 1.04 bits per heavy atom. The second kappa shape index (κ2) is 6.01. The van der Waals surface area contributed by atoms with Gasteiger partial charge in [-0.3, -0.25) is 19.4 Å². The Labute approximate surface area is 138 Å². The number of β-amino-alcohol motifs (C(OH)–C–C–N with tert-alkyl or cyclic N) is 1. The number of aromatic amines is 2. The maximum absolute atomic E-state index is 11.8. The molecule has 1 aromatic carbocycles. The normalized spacial score (nSPS) is 20.8. The molecule has 1 aromatic heterocycles. The number of hydrogen-bond acceptors (Lipinski definition) is 5. The predicted molar refractivity (Wildman–Crippen MR) is 90.1 cm³/mol. The van der Waals surface area contributed by atoms with Crippen LogP contribution in [0.4, 0.5) is 0 Å². The summed E-state index contributed by atoms with van der Waals surface area (Å²) in [6.07, 6.45) is 0. The number of rotatable bonds is 3. The highest BCUT2D eigenvalue weighted by molar-refractivity contribution is 5.73. The lowest BCUT2D eigenvalue weighted by Gasteiger charge is -2.38. The quantitative estimate of drug-likeness (QED) is 0.676. The molecule has 3 N–H and O–H groups in total. The number of benzene rings is 1. The Morgan fingerprint density at radius 3 is 2.50 bits per heavy atom. The molecule has 0 bridgehead atoms. The summed E-state index contributed by atoms with van der Waals surface area (Å²) in [6.45, 7) is 4.31. The van der Waals surface area contributed by atoms with Gasteiger partial charge in [0, 0.05) is 38.3 Å². The van der Waals surface area contributed by atoms with Crippen molar-refractivity contribution in [2.45, 2.75) is 6.04 Å². The van der Waals surface area contributed by atoms with E-state index in [0.29, 0.717) is 6.54 Å². The second-order valence-electron chi connectivity index (χ2n) is 6.29. The number of aliphatic hydroxyl groups excluding tert-OH is 1. The molecule has 1 fully saturated rings. The molecule has 0 saturated carbocycles. The van der Waals surface area contributed by atoms with Crippen molar-refractivity contribution >= 4 is 0 Å². The Hall–Kier alpha value is -2.22. The van der Waals surface area contributed by atoms with E-state index in [2.05, 4.69) is 25.8 Å². The van der Waals surface area contributed by atoms with E-state index >= 15 is 0 Å². The van der Waals surface area contributed by atoms with Crippen LogP contribution in [0.5, 0.6) is 0 Å². The lowest BCUT2D eigenvalue weighted by molar-refractivity contribution is 0.0944. The number of hydrogen-bond donors (Lipinski definition) is 3. The third-order valence-electron chi connectivity index (χ3n) is 4.95. The molecule has 0 radical (unpaired) electrons. The monoisotopic (exact) mass is 328 g/mol. The van der Waals surface area contributed by atoms with E-state index in [1.165, 1.54) is 0 Å². The molecule has 4 rings (SSSR count). The molecule has 2 aliphatic rings. The first kappa shape index (κ1) is 15.3. The molecule has 1 aliphatic heterocycles. The fraction of sp³-hybridized carbons (Fsp3) is 0.412. The van der Waals surface area contributed by atoms with Gasteiger partial charge in [-0.05, 0) is 5.56 Å². The van der Waals surface area contributed by atoms with E-state index in [1.54, 1.807) is 0 Å². The lowest BCUT2D eigenvalue weighted by Crippen LogP contribution is -2.48. The lowest BCUT2D eigenvalue weighted by atomic mass is 10.0. The molecule has 1 saturated heterocycles. The van der Waals surface area contributed by atoms with Gasteiger partial charge in [0.2, 0.25) is 0 Å². The summed E-state index contributed by atoms with van der Waals surface area (Å²) in [5, 5.41) is 9.08. The standard InChI is InChI=1S/C17H20N4O3/c22-10-9-20-5-7-21(8-6-20)15-12-4-2-1-3-11(12)13-14(15)19-17(24)16(23)18-13/h1-4,15,22H,5-10H2,(H,18,23)(H,19,24). The van der Waals surface area contributed by atoms with Gasteiger partial charge in [0.25, 0.3) is 0 Å². The number of nitrogens with zero attached hydrogens (tertiary/aromatic N) is 2. The second-order valence-corrected chi connectivity index (χ2v) is 6.29. The van der Waals surface area contributed by atoms with Crippen LogP contribution in [-0.4, -0.2) is 64.2 Å². The van der Waals surface area contributed by atoms with Crippen molar-refractivity contribution in [3.63, 3.8) is 0 Å². The van der Waals surface area contributed by atoms with Crippen LogP contribution in [-0.2, 0) is 0 Å². The zero-order chi connectivity index (χ0) is 16.7. The molecule has 7 nitrogen and oxygen atoms in total. The molecular formula is C17H20N4O3. The largest absolute Gasteiger partial charge is 0.395 e. The highest BCUT2D eigenvalue weighted by atomic mass is 16.3. The smallest absolute Gasteiger partial charge is 0.314 e. The Bertz CT molecular complexity index is 865. The summed E-state index contributed by atoms with van der Waals surface area (Å²) in [5.41, 5.74) is 2.36. The number of H-pyrrole nitrogens is 2. The molecule has 0 amide bonds. The van der Waals surface area contributed by atoms with Gasteiger partial charge < -0.3 is 15.1 Å². The number of piperazine rings is 1. The van der Waals surface area contributed by atoms with Gasteiger partial charge in [0.1, 0.15) is 0 Å². The minimum atomic E-state index is -0.614. The van der Waals surface area contributed by atoms with Crippen molar-refractivity contribution in [1.29, 1.82) is 0 Å². The predicted octanol–water partition coefficient (Wildman–Crippen LogP) is -0.257. The van der Waals surface area contributed by atoms with E-state index in [-0.39, 0.29) is 12.6 Å². The summed E-state index contributed by atoms with van der Waals surface area (Å²) >= 11 is 0. The first-order valence-corrected chi connectivity index (χ1v) is 8.22.